The number of hydrogen-bond acceptors (Lipinski definition) is 3. The van der Waals surface area contributed by atoms with Gasteiger partial charge in [-0.1, -0.05) is 0 Å². The van der Waals surface area contributed by atoms with Crippen LogP contribution in [0.2, 0.25) is 0 Å². The van der Waals surface area contributed by atoms with Gasteiger partial charge < -0.3 is 4.90 Å². The van der Waals surface area contributed by atoms with Gasteiger partial charge in [-0.25, -0.2) is 12.8 Å². The molecule has 1 amide bonds. The molecule has 0 spiro atoms. The second kappa shape index (κ2) is 5.87. The summed E-state index contributed by atoms with van der Waals surface area (Å²) in [5.41, 5.74) is 1.77. The first-order chi connectivity index (χ1) is 10.2. The molecule has 0 aromatic heterocycles. The first kappa shape index (κ1) is 16.7. The number of nitrogens with zero attached hydrogens (tertiary/aromatic N) is 2. The minimum Gasteiger partial charge on any atom is -0.348 e. The molecule has 0 radical (unpaired) electrons. The third-order valence-electron chi connectivity index (χ3n) is 3.94. The molecule has 7 heteroatoms. The fourth-order valence-corrected chi connectivity index (χ4v) is 4.56. The van der Waals surface area contributed by atoms with Gasteiger partial charge in [-0.3, -0.25) is 9.10 Å². The van der Waals surface area contributed by atoms with Crippen LogP contribution in [0.15, 0.2) is 12.1 Å². The molecule has 1 aromatic rings. The maximum atomic E-state index is 13.5. The van der Waals surface area contributed by atoms with Crippen molar-refractivity contribution >= 4 is 21.6 Å². The Labute approximate surface area is 130 Å². The zero-order valence-electron chi connectivity index (χ0n) is 13.3. The number of rotatable bonds is 3. The topological polar surface area (TPSA) is 57.7 Å². The lowest BCUT2D eigenvalue weighted by molar-refractivity contribution is -0.127. The summed E-state index contributed by atoms with van der Waals surface area (Å²) in [7, 11) is -0.782. The van der Waals surface area contributed by atoms with Gasteiger partial charge in [-0.2, -0.15) is 0 Å². The Morgan fingerprint density at radius 2 is 2.00 bits per heavy atom. The normalized spacial score (nSPS) is 16.1. The number of aryl methyl sites for hydroxylation is 2. The summed E-state index contributed by atoms with van der Waals surface area (Å²) >= 11 is 0. The van der Waals surface area contributed by atoms with E-state index >= 15 is 0 Å². The number of carbonyl (C=O) groups is 1. The molecule has 122 valence electrons. The van der Waals surface area contributed by atoms with Gasteiger partial charge in [0.2, 0.25) is 15.9 Å². The van der Waals surface area contributed by atoms with Crippen molar-refractivity contribution in [2.24, 2.45) is 0 Å². The highest BCUT2D eigenvalue weighted by Gasteiger charge is 2.37. The average Bonchev–Trinajstić information content (AvgIpc) is 2.44. The van der Waals surface area contributed by atoms with E-state index in [9.17, 15) is 17.6 Å². The molecule has 0 bridgehead atoms. The molecular weight excluding hydrogens is 307 g/mol. The SMILES string of the molecule is Cc1cc(F)cc2c1N(S(=O)(=O)[C@@H](C)C(=O)N(C)C)CCC2. The number of benzene rings is 1. The minimum atomic E-state index is -3.84. The van der Waals surface area contributed by atoms with E-state index in [1.165, 1.54) is 42.4 Å². The lowest BCUT2D eigenvalue weighted by atomic mass is 10.00. The molecule has 5 nitrogen and oxygen atoms in total. The molecular formula is C15H21FN2O3S. The van der Waals surface area contributed by atoms with Crippen molar-refractivity contribution in [1.82, 2.24) is 4.90 Å². The molecule has 1 aliphatic heterocycles. The van der Waals surface area contributed by atoms with Crippen molar-refractivity contribution in [1.29, 1.82) is 0 Å². The third-order valence-corrected chi connectivity index (χ3v) is 6.02. The van der Waals surface area contributed by atoms with E-state index in [4.69, 9.17) is 0 Å². The molecule has 22 heavy (non-hydrogen) atoms. The zero-order chi connectivity index (χ0) is 16.7. The standard InChI is InChI=1S/C15H21FN2O3S/c1-10-8-13(16)9-12-6-5-7-18(14(10)12)22(20,21)11(2)15(19)17(3)4/h8-9,11H,5-7H2,1-4H3/t11-/m0/s1. The van der Waals surface area contributed by atoms with E-state index in [-0.39, 0.29) is 5.82 Å². The Hall–Kier alpha value is -1.63. The number of fused-ring (bicyclic) bond motifs is 1. The Kier molecular flexibility index (Phi) is 4.47. The van der Waals surface area contributed by atoms with Gasteiger partial charge in [0, 0.05) is 20.6 Å². The maximum absolute atomic E-state index is 13.5. The zero-order valence-corrected chi connectivity index (χ0v) is 14.1. The molecule has 2 rings (SSSR count). The number of carbonyl (C=O) groups excluding carboxylic acids is 1. The van der Waals surface area contributed by atoms with Crippen LogP contribution in [0.25, 0.3) is 0 Å². The van der Waals surface area contributed by atoms with Crippen molar-refractivity contribution < 1.29 is 17.6 Å². The predicted molar refractivity (Wildman–Crippen MR) is 83.9 cm³/mol. The molecule has 1 aliphatic rings. The number of halogens is 1. The van der Waals surface area contributed by atoms with Crippen LogP contribution in [0.3, 0.4) is 0 Å². The van der Waals surface area contributed by atoms with Crippen LogP contribution in [0.1, 0.15) is 24.5 Å². The molecule has 1 atom stereocenters. The fraction of sp³-hybridized carbons (Fsp3) is 0.533. The Bertz CT molecular complexity index is 701. The highest BCUT2D eigenvalue weighted by molar-refractivity contribution is 7.94. The smallest absolute Gasteiger partial charge is 0.246 e. The molecule has 0 fully saturated rings. The molecule has 1 aromatic carbocycles. The van der Waals surface area contributed by atoms with Crippen molar-refractivity contribution in [3.05, 3.63) is 29.1 Å². The molecule has 0 aliphatic carbocycles. The number of anilines is 1. The largest absolute Gasteiger partial charge is 0.348 e. The number of sulfonamides is 1. The van der Waals surface area contributed by atoms with Gasteiger partial charge >= 0.3 is 0 Å². The van der Waals surface area contributed by atoms with E-state index in [0.29, 0.717) is 36.2 Å². The summed E-state index contributed by atoms with van der Waals surface area (Å²) in [4.78, 5) is 13.3. The van der Waals surface area contributed by atoms with E-state index in [2.05, 4.69) is 0 Å². The first-order valence-electron chi connectivity index (χ1n) is 7.18. The quantitative estimate of drug-likeness (QED) is 0.848. The van der Waals surface area contributed by atoms with E-state index < -0.39 is 21.2 Å². The second-order valence-electron chi connectivity index (χ2n) is 5.83. The summed E-state index contributed by atoms with van der Waals surface area (Å²) in [5, 5.41) is -1.17. The summed E-state index contributed by atoms with van der Waals surface area (Å²) in [5.74, 6) is -0.834. The van der Waals surface area contributed by atoms with Crippen molar-refractivity contribution in [3.8, 4) is 0 Å². The lowest BCUT2D eigenvalue weighted by Gasteiger charge is -2.34. The van der Waals surface area contributed by atoms with Crippen molar-refractivity contribution in [3.63, 3.8) is 0 Å². The third kappa shape index (κ3) is 2.82. The summed E-state index contributed by atoms with van der Waals surface area (Å²) in [6, 6.07) is 2.70. The van der Waals surface area contributed by atoms with Crippen LogP contribution < -0.4 is 4.31 Å². The molecule has 0 unspecified atom stereocenters. The van der Waals surface area contributed by atoms with Gasteiger partial charge in [-0.05, 0) is 49.9 Å². The molecule has 0 N–H and O–H groups in total. The van der Waals surface area contributed by atoms with Crippen LogP contribution in [0.5, 0.6) is 0 Å². The first-order valence-corrected chi connectivity index (χ1v) is 8.68. The molecule has 0 saturated carbocycles. The Morgan fingerprint density at radius 3 is 2.59 bits per heavy atom. The Morgan fingerprint density at radius 1 is 1.36 bits per heavy atom. The van der Waals surface area contributed by atoms with Gasteiger partial charge in [0.1, 0.15) is 5.82 Å². The number of amides is 1. The Balaban J connectivity index is 2.50. The van der Waals surface area contributed by atoms with Crippen molar-refractivity contribution in [2.75, 3.05) is 24.9 Å². The predicted octanol–water partition coefficient (Wildman–Crippen LogP) is 1.69. The highest BCUT2D eigenvalue weighted by atomic mass is 32.2. The summed E-state index contributed by atoms with van der Waals surface area (Å²) < 4.78 is 40.4. The monoisotopic (exact) mass is 328 g/mol. The van der Waals surface area contributed by atoms with E-state index in [1.54, 1.807) is 6.92 Å². The summed E-state index contributed by atoms with van der Waals surface area (Å²) in [6.45, 7) is 3.39. The van der Waals surface area contributed by atoms with Gasteiger partial charge in [0.05, 0.1) is 5.69 Å². The van der Waals surface area contributed by atoms with Gasteiger partial charge in [0.15, 0.2) is 5.25 Å². The van der Waals surface area contributed by atoms with E-state index in [0.717, 1.165) is 0 Å². The molecule has 0 saturated heterocycles. The minimum absolute atomic E-state index is 0.312. The van der Waals surface area contributed by atoms with Crippen LogP contribution in [0, 0.1) is 12.7 Å². The van der Waals surface area contributed by atoms with Crippen molar-refractivity contribution in [2.45, 2.75) is 31.9 Å². The highest BCUT2D eigenvalue weighted by Crippen LogP contribution is 2.34. The van der Waals surface area contributed by atoms with Crippen LogP contribution in [-0.2, 0) is 21.2 Å². The number of hydrogen-bond donors (Lipinski definition) is 0. The van der Waals surface area contributed by atoms with Gasteiger partial charge in [-0.15, -0.1) is 0 Å². The second-order valence-corrected chi connectivity index (χ2v) is 8.00. The van der Waals surface area contributed by atoms with Gasteiger partial charge in [0.25, 0.3) is 0 Å². The average molecular weight is 328 g/mol. The van der Waals surface area contributed by atoms with Crippen LogP contribution >= 0.6 is 0 Å². The fourth-order valence-electron chi connectivity index (χ4n) is 2.81. The van der Waals surface area contributed by atoms with Crippen LogP contribution in [0.4, 0.5) is 10.1 Å². The van der Waals surface area contributed by atoms with Crippen LogP contribution in [-0.4, -0.2) is 45.1 Å². The maximum Gasteiger partial charge on any atom is 0.246 e. The molecule has 1 heterocycles. The van der Waals surface area contributed by atoms with E-state index in [1.807, 2.05) is 0 Å². The summed E-state index contributed by atoms with van der Waals surface area (Å²) in [6.07, 6.45) is 1.24. The lowest BCUT2D eigenvalue weighted by Crippen LogP contribution is -2.47.